The van der Waals surface area contributed by atoms with E-state index in [0.29, 0.717) is 36.3 Å². The zero-order valence-electron chi connectivity index (χ0n) is 29.8. The van der Waals surface area contributed by atoms with E-state index in [1.54, 1.807) is 0 Å². The molecule has 0 radical (unpaired) electrons. The number of carbonyl (C=O) groups is 2. The summed E-state index contributed by atoms with van der Waals surface area (Å²) in [4.78, 5) is 41.1. The van der Waals surface area contributed by atoms with Crippen LogP contribution in [0.4, 0.5) is 11.4 Å². The smallest absolute Gasteiger partial charge is 0.274 e. The van der Waals surface area contributed by atoms with Crippen molar-refractivity contribution in [2.24, 2.45) is 0 Å². The Kier molecular flexibility index (Phi) is 9.44. The van der Waals surface area contributed by atoms with E-state index in [0.717, 1.165) is 78.2 Å². The number of hydrogen-bond donors (Lipinski definition) is 3. The highest BCUT2D eigenvalue weighted by Gasteiger charge is 2.31. The van der Waals surface area contributed by atoms with Gasteiger partial charge in [-0.05, 0) is 146 Å². The van der Waals surface area contributed by atoms with Crippen molar-refractivity contribution in [1.29, 1.82) is 0 Å². The van der Waals surface area contributed by atoms with Crippen LogP contribution in [0.5, 0.6) is 0 Å². The fraction of sp³-hybridized carbons (Fsp3) is 0.429. The highest BCUT2D eigenvalue weighted by atomic mass is 16.3. The molecule has 2 aliphatic heterocycles. The number of aliphatic hydroxyl groups is 1. The molecule has 4 fully saturated rings. The second-order valence-corrected chi connectivity index (χ2v) is 15.1. The fourth-order valence-corrected chi connectivity index (χ4v) is 7.83. The van der Waals surface area contributed by atoms with Gasteiger partial charge in [-0.25, -0.2) is 0 Å². The summed E-state index contributed by atoms with van der Waals surface area (Å²) in [5, 5.41) is 16.0. The molecule has 0 spiro atoms. The van der Waals surface area contributed by atoms with Gasteiger partial charge in [-0.1, -0.05) is 30.7 Å². The molecule has 9 nitrogen and oxygen atoms in total. The molecular weight excluding hydrogens is 637 g/mol. The third kappa shape index (κ3) is 7.47. The zero-order valence-corrected chi connectivity index (χ0v) is 29.8. The standard InChI is InChI=1S/C42H48N6O3/c1-26-33(8-6-10-37(26)45-41(50)39-18-35(28-12-13-28)30(20-43-39)22-47-16-4-3-5-17-47)34-9-7-11-38(27(34)2)46-42(51)40-19-36(29-14-15-29)31(21-44-40)23-48-24-32(49)25-48/h6-11,18-21,28-29,32,49H,3-5,12-17,22-25H2,1-2H3,(H,45,50)(H,46,51). The number of rotatable bonds is 11. The van der Waals surface area contributed by atoms with E-state index >= 15 is 0 Å². The van der Waals surface area contributed by atoms with Crippen molar-refractivity contribution in [3.63, 3.8) is 0 Å². The van der Waals surface area contributed by atoms with Gasteiger partial charge in [0.2, 0.25) is 0 Å². The normalized spacial score (nSPS) is 18.3. The number of β-amino-alcohol motifs (C(OH)–C–C–N with tert-alkyl or cyclic N) is 1. The summed E-state index contributed by atoms with van der Waals surface area (Å²) in [5.41, 5.74) is 11.1. The minimum absolute atomic E-state index is 0.203. The molecule has 2 amide bonds. The molecule has 8 rings (SSSR count). The Balaban J connectivity index is 0.981. The topological polar surface area (TPSA) is 111 Å². The number of nitrogens with zero attached hydrogens (tertiary/aromatic N) is 4. The Bertz CT molecular complexity index is 1960. The molecule has 9 heteroatoms. The Morgan fingerprint density at radius 2 is 1.18 bits per heavy atom. The Hall–Kier alpha value is -4.44. The van der Waals surface area contributed by atoms with E-state index < -0.39 is 0 Å². The maximum atomic E-state index is 13.6. The molecule has 2 saturated carbocycles. The maximum absolute atomic E-state index is 13.6. The van der Waals surface area contributed by atoms with Crippen LogP contribution < -0.4 is 10.6 Å². The molecule has 0 unspecified atom stereocenters. The van der Waals surface area contributed by atoms with Crippen LogP contribution in [-0.2, 0) is 13.1 Å². The van der Waals surface area contributed by atoms with Gasteiger partial charge in [0, 0.05) is 49.9 Å². The molecular formula is C42H48N6O3. The Morgan fingerprint density at radius 3 is 1.63 bits per heavy atom. The average Bonchev–Trinajstić information content (AvgIpc) is 4.05. The quantitative estimate of drug-likeness (QED) is 0.154. The van der Waals surface area contributed by atoms with Gasteiger partial charge >= 0.3 is 0 Å². The number of piperidine rings is 1. The van der Waals surface area contributed by atoms with Gasteiger partial charge in [0.25, 0.3) is 11.8 Å². The first-order valence-electron chi connectivity index (χ1n) is 18.7. The first-order chi connectivity index (χ1) is 24.8. The highest BCUT2D eigenvalue weighted by molar-refractivity contribution is 6.05. The summed E-state index contributed by atoms with van der Waals surface area (Å²) in [6.45, 7) is 9.33. The molecule has 2 aromatic carbocycles. The van der Waals surface area contributed by atoms with Gasteiger partial charge in [0.1, 0.15) is 11.4 Å². The highest BCUT2D eigenvalue weighted by Crippen LogP contribution is 2.43. The third-order valence-corrected chi connectivity index (χ3v) is 11.2. The van der Waals surface area contributed by atoms with E-state index in [-0.39, 0.29) is 17.9 Å². The van der Waals surface area contributed by atoms with Crippen LogP contribution in [0.1, 0.15) is 111 Å². The monoisotopic (exact) mass is 684 g/mol. The number of likely N-dealkylation sites (tertiary alicyclic amines) is 2. The van der Waals surface area contributed by atoms with E-state index in [4.69, 9.17) is 0 Å². The Labute approximate surface area is 300 Å². The lowest BCUT2D eigenvalue weighted by Gasteiger charge is -2.36. The second kappa shape index (κ2) is 14.3. The van der Waals surface area contributed by atoms with E-state index in [1.807, 2.05) is 62.6 Å². The molecule has 2 aromatic heterocycles. The lowest BCUT2D eigenvalue weighted by molar-refractivity contribution is -0.00306. The number of benzene rings is 2. The SMILES string of the molecule is Cc1c(NC(=O)c2cc(C3CC3)c(CN3CCCCC3)cn2)cccc1-c1cccc(NC(=O)c2cc(C3CC3)c(CN3CC(O)C3)cn2)c1C. The number of aliphatic hydroxyl groups excluding tert-OH is 1. The van der Waals surface area contributed by atoms with E-state index in [1.165, 1.54) is 48.8 Å². The molecule has 4 aliphatic rings. The molecule has 4 heterocycles. The molecule has 2 saturated heterocycles. The minimum atomic E-state index is -0.245. The van der Waals surface area contributed by atoms with Crippen molar-refractivity contribution < 1.29 is 14.7 Å². The first-order valence-corrected chi connectivity index (χ1v) is 18.7. The van der Waals surface area contributed by atoms with Crippen LogP contribution >= 0.6 is 0 Å². The van der Waals surface area contributed by atoms with Crippen LogP contribution in [0.15, 0.2) is 60.9 Å². The van der Waals surface area contributed by atoms with Crippen molar-refractivity contribution in [1.82, 2.24) is 19.8 Å². The van der Waals surface area contributed by atoms with Crippen molar-refractivity contribution in [3.8, 4) is 11.1 Å². The molecule has 0 atom stereocenters. The molecule has 2 aliphatic carbocycles. The number of pyridine rings is 2. The van der Waals surface area contributed by atoms with Crippen LogP contribution in [0, 0.1) is 13.8 Å². The first kappa shape index (κ1) is 33.7. The van der Waals surface area contributed by atoms with Gasteiger partial charge in [-0.2, -0.15) is 0 Å². The van der Waals surface area contributed by atoms with Crippen molar-refractivity contribution in [3.05, 3.63) is 106 Å². The minimum Gasteiger partial charge on any atom is -0.390 e. The molecule has 0 bridgehead atoms. The maximum Gasteiger partial charge on any atom is 0.274 e. The van der Waals surface area contributed by atoms with Gasteiger partial charge in [-0.3, -0.25) is 29.4 Å². The van der Waals surface area contributed by atoms with Gasteiger partial charge in [0.05, 0.1) is 6.10 Å². The van der Waals surface area contributed by atoms with Crippen molar-refractivity contribution in [2.45, 2.75) is 89.8 Å². The number of aromatic nitrogens is 2. The number of amides is 2. The molecule has 51 heavy (non-hydrogen) atoms. The zero-order chi connectivity index (χ0) is 35.1. The number of anilines is 2. The second-order valence-electron chi connectivity index (χ2n) is 15.1. The number of carbonyl (C=O) groups excluding carboxylic acids is 2. The lowest BCUT2D eigenvalue weighted by atomic mass is 9.94. The Morgan fingerprint density at radius 1 is 0.706 bits per heavy atom. The van der Waals surface area contributed by atoms with Crippen molar-refractivity contribution in [2.75, 3.05) is 36.8 Å². The molecule has 3 N–H and O–H groups in total. The summed E-state index contributed by atoms with van der Waals surface area (Å²) in [6, 6.07) is 15.8. The van der Waals surface area contributed by atoms with Crippen LogP contribution in [0.2, 0.25) is 0 Å². The van der Waals surface area contributed by atoms with Gasteiger partial charge in [-0.15, -0.1) is 0 Å². The molecule has 4 aromatic rings. The average molecular weight is 685 g/mol. The third-order valence-electron chi connectivity index (χ3n) is 11.2. The number of nitrogens with one attached hydrogen (secondary N) is 2. The predicted molar refractivity (Wildman–Crippen MR) is 200 cm³/mol. The van der Waals surface area contributed by atoms with Crippen LogP contribution in [0.25, 0.3) is 11.1 Å². The number of hydrogen-bond acceptors (Lipinski definition) is 7. The van der Waals surface area contributed by atoms with Crippen LogP contribution in [0.3, 0.4) is 0 Å². The van der Waals surface area contributed by atoms with Gasteiger partial charge in [0.15, 0.2) is 0 Å². The molecule has 264 valence electrons. The van der Waals surface area contributed by atoms with Crippen molar-refractivity contribution >= 4 is 23.2 Å². The predicted octanol–water partition coefficient (Wildman–Crippen LogP) is 7.18. The van der Waals surface area contributed by atoms with Gasteiger partial charge < -0.3 is 15.7 Å². The van der Waals surface area contributed by atoms with Crippen LogP contribution in [-0.4, -0.2) is 69.0 Å². The largest absolute Gasteiger partial charge is 0.390 e. The summed E-state index contributed by atoms with van der Waals surface area (Å²) in [7, 11) is 0. The summed E-state index contributed by atoms with van der Waals surface area (Å²) < 4.78 is 0. The summed E-state index contributed by atoms with van der Waals surface area (Å²) in [6.07, 6.45) is 12.0. The fourth-order valence-electron chi connectivity index (χ4n) is 7.83. The van der Waals surface area contributed by atoms with E-state index in [2.05, 4.69) is 42.5 Å². The van der Waals surface area contributed by atoms with E-state index in [9.17, 15) is 14.7 Å². The summed E-state index contributed by atoms with van der Waals surface area (Å²) >= 11 is 0. The summed E-state index contributed by atoms with van der Waals surface area (Å²) in [5.74, 6) is 0.565. The lowest BCUT2D eigenvalue weighted by Crippen LogP contribution is -2.49.